The Morgan fingerprint density at radius 2 is 1.68 bits per heavy atom. The maximum Gasteiger partial charge on any atom is 0.417 e. The number of likely N-dealkylation sites (tertiary alicyclic amines) is 3. The van der Waals surface area contributed by atoms with Crippen LogP contribution < -0.4 is 0 Å². The molecule has 5 heterocycles. The molecular formula is C39H51F3N6O3S2. The fraction of sp³-hybridized carbons (Fsp3) is 0.590. The highest BCUT2D eigenvalue weighted by Crippen LogP contribution is 2.41. The Bertz CT molecular complexity index is 1850. The van der Waals surface area contributed by atoms with Crippen molar-refractivity contribution in [2.45, 2.75) is 87.5 Å². The second-order valence-electron chi connectivity index (χ2n) is 15.1. The van der Waals surface area contributed by atoms with Gasteiger partial charge in [0.2, 0.25) is 15.9 Å². The van der Waals surface area contributed by atoms with E-state index in [1.165, 1.54) is 34.0 Å². The van der Waals surface area contributed by atoms with Crippen LogP contribution in [-0.4, -0.2) is 114 Å². The van der Waals surface area contributed by atoms with E-state index >= 15 is 0 Å². The molecule has 53 heavy (non-hydrogen) atoms. The van der Waals surface area contributed by atoms with Gasteiger partial charge in [0.15, 0.2) is 0 Å². The zero-order valence-corrected chi connectivity index (χ0v) is 32.2. The van der Waals surface area contributed by atoms with Crippen molar-refractivity contribution in [3.63, 3.8) is 0 Å². The number of amides is 1. The Morgan fingerprint density at radius 1 is 0.887 bits per heavy atom. The van der Waals surface area contributed by atoms with Crippen LogP contribution in [0, 0.1) is 0 Å². The lowest BCUT2D eigenvalue weighted by Gasteiger charge is -2.36. The first-order chi connectivity index (χ1) is 25.4. The first kappa shape index (κ1) is 38.4. The quantitative estimate of drug-likeness (QED) is 0.199. The molecule has 0 radical (unpaired) electrons. The van der Waals surface area contributed by atoms with Crippen LogP contribution in [0.5, 0.6) is 0 Å². The largest absolute Gasteiger partial charge is 0.417 e. The van der Waals surface area contributed by atoms with Crippen molar-refractivity contribution >= 4 is 27.7 Å². The summed E-state index contributed by atoms with van der Waals surface area (Å²) in [6.45, 7) is 7.29. The second kappa shape index (κ2) is 16.4. The number of hydrogen-bond donors (Lipinski definition) is 0. The van der Waals surface area contributed by atoms with Crippen LogP contribution in [0.1, 0.15) is 73.2 Å². The van der Waals surface area contributed by atoms with Gasteiger partial charge in [-0.05, 0) is 75.2 Å². The van der Waals surface area contributed by atoms with Crippen molar-refractivity contribution in [2.75, 3.05) is 64.4 Å². The van der Waals surface area contributed by atoms with E-state index in [2.05, 4.69) is 39.0 Å². The van der Waals surface area contributed by atoms with Gasteiger partial charge in [-0.3, -0.25) is 9.48 Å². The van der Waals surface area contributed by atoms with Crippen LogP contribution >= 0.6 is 11.8 Å². The van der Waals surface area contributed by atoms with Crippen molar-refractivity contribution < 1.29 is 26.4 Å². The third-order valence-corrected chi connectivity index (χ3v) is 13.8. The zero-order chi connectivity index (χ0) is 37.2. The Labute approximate surface area is 315 Å². The number of halogens is 3. The molecule has 0 saturated carbocycles. The number of rotatable bonds is 12. The number of fused-ring (bicyclic) bond motifs is 1. The third kappa shape index (κ3) is 9.15. The highest BCUT2D eigenvalue weighted by molar-refractivity contribution is 7.99. The van der Waals surface area contributed by atoms with E-state index in [9.17, 15) is 26.4 Å². The number of aromatic nitrogens is 2. The number of thioether (sulfide) groups is 1. The van der Waals surface area contributed by atoms with Crippen LogP contribution in [0.4, 0.5) is 13.2 Å². The van der Waals surface area contributed by atoms with E-state index in [0.29, 0.717) is 61.4 Å². The summed E-state index contributed by atoms with van der Waals surface area (Å²) >= 11 is 1.23. The molecule has 0 aliphatic carbocycles. The monoisotopic (exact) mass is 772 g/mol. The van der Waals surface area contributed by atoms with Gasteiger partial charge in [-0.1, -0.05) is 36.4 Å². The van der Waals surface area contributed by atoms with Gasteiger partial charge in [-0.15, -0.1) is 11.8 Å². The van der Waals surface area contributed by atoms with Gasteiger partial charge < -0.3 is 14.7 Å². The maximum absolute atomic E-state index is 14.3. The molecule has 14 heteroatoms. The lowest BCUT2D eigenvalue weighted by molar-refractivity contribution is -0.139. The molecule has 3 saturated heterocycles. The molecule has 7 rings (SSSR count). The number of aryl methyl sites for hydroxylation is 1. The first-order valence-corrected chi connectivity index (χ1v) is 21.9. The molecule has 1 amide bonds. The molecule has 0 N–H and O–H groups in total. The summed E-state index contributed by atoms with van der Waals surface area (Å²) in [7, 11) is -3.48. The van der Waals surface area contributed by atoms with Crippen molar-refractivity contribution in [3.8, 4) is 11.3 Å². The van der Waals surface area contributed by atoms with E-state index in [1.807, 2.05) is 10.7 Å². The standard InChI is InChI=1S/C39H51F3N6O3S2/c1-53(50,51)46-23-16-35-33(28-46)38(43-48(35)20-7-18-44-21-14-32(15-22-44)47-19-6-11-37(47)49)30-12-13-34(39(40,41)42)36(26-30)52-25-24-45-17-5-10-31(27-45)29-8-3-2-4-9-29/h2-4,8-9,12-13,26,31-32H,5-7,10-11,14-25,27-28H2,1H3. The van der Waals surface area contributed by atoms with Crippen molar-refractivity contribution in [2.24, 2.45) is 0 Å². The van der Waals surface area contributed by atoms with Gasteiger partial charge >= 0.3 is 6.18 Å². The fourth-order valence-electron chi connectivity index (χ4n) is 8.68. The van der Waals surface area contributed by atoms with Gasteiger partial charge in [0, 0.05) is 98.7 Å². The van der Waals surface area contributed by atoms with Crippen LogP contribution in [0.15, 0.2) is 53.4 Å². The van der Waals surface area contributed by atoms with E-state index in [4.69, 9.17) is 5.10 Å². The molecule has 1 atom stereocenters. The average Bonchev–Trinajstić information content (AvgIpc) is 3.74. The molecule has 288 valence electrons. The Kier molecular flexibility index (Phi) is 11.9. The third-order valence-electron chi connectivity index (χ3n) is 11.5. The molecule has 0 spiro atoms. The fourth-order valence-corrected chi connectivity index (χ4v) is 10.6. The van der Waals surface area contributed by atoms with Gasteiger partial charge in [0.1, 0.15) is 0 Å². The molecule has 4 aliphatic heterocycles. The normalized spacial score (nSPS) is 21.4. The first-order valence-electron chi connectivity index (χ1n) is 19.1. The number of sulfonamides is 1. The molecule has 3 aromatic rings. The summed E-state index contributed by atoms with van der Waals surface area (Å²) in [6.07, 6.45) is 3.78. The number of nitrogens with zero attached hydrogens (tertiary/aromatic N) is 6. The van der Waals surface area contributed by atoms with Gasteiger partial charge in [-0.25, -0.2) is 8.42 Å². The van der Waals surface area contributed by atoms with Crippen LogP contribution in [-0.2, 0) is 40.5 Å². The number of benzene rings is 2. The van der Waals surface area contributed by atoms with Crippen molar-refractivity contribution in [1.82, 2.24) is 28.8 Å². The summed E-state index contributed by atoms with van der Waals surface area (Å²) in [5.74, 6) is 1.23. The maximum atomic E-state index is 14.3. The molecule has 9 nitrogen and oxygen atoms in total. The highest BCUT2D eigenvalue weighted by atomic mass is 32.2. The zero-order valence-electron chi connectivity index (χ0n) is 30.6. The molecule has 4 aliphatic rings. The van der Waals surface area contributed by atoms with E-state index < -0.39 is 21.8 Å². The predicted molar refractivity (Wildman–Crippen MR) is 202 cm³/mol. The van der Waals surface area contributed by atoms with Crippen LogP contribution in [0.2, 0.25) is 0 Å². The van der Waals surface area contributed by atoms with E-state index in [1.54, 1.807) is 6.07 Å². The minimum absolute atomic E-state index is 0.146. The Morgan fingerprint density at radius 3 is 2.40 bits per heavy atom. The van der Waals surface area contributed by atoms with Crippen LogP contribution in [0.3, 0.4) is 0 Å². The summed E-state index contributed by atoms with van der Waals surface area (Å²) in [5, 5.41) is 4.99. The predicted octanol–water partition coefficient (Wildman–Crippen LogP) is 6.34. The Balaban J connectivity index is 1.05. The van der Waals surface area contributed by atoms with Gasteiger partial charge in [-0.2, -0.15) is 22.6 Å². The van der Waals surface area contributed by atoms with E-state index in [-0.39, 0.29) is 17.3 Å². The van der Waals surface area contributed by atoms with Gasteiger partial charge in [0.05, 0.1) is 17.5 Å². The van der Waals surface area contributed by atoms with E-state index in [0.717, 1.165) is 95.1 Å². The highest BCUT2D eigenvalue weighted by Gasteiger charge is 2.36. The summed E-state index contributed by atoms with van der Waals surface area (Å²) in [4.78, 5) is 19.3. The second-order valence-corrected chi connectivity index (χ2v) is 18.2. The topological polar surface area (TPSA) is 82.0 Å². The lowest BCUT2D eigenvalue weighted by atomic mass is 9.91. The summed E-state index contributed by atoms with van der Waals surface area (Å²) in [6, 6.07) is 15.0. The number of hydrogen-bond acceptors (Lipinski definition) is 7. The Hall–Kier alpha value is -2.91. The number of alkyl halides is 3. The molecule has 0 bridgehead atoms. The minimum atomic E-state index is -4.51. The number of carbonyl (C=O) groups excluding carboxylic acids is 1. The molecule has 1 aromatic heterocycles. The van der Waals surface area contributed by atoms with Crippen molar-refractivity contribution in [1.29, 1.82) is 0 Å². The SMILES string of the molecule is CS(=O)(=O)N1CCc2c(c(-c3ccc(C(F)(F)F)c(SCCN4CCCC(c5ccccc5)C4)c3)nn2CCCN2CCC(N3CCCC3=O)CC2)C1. The molecule has 2 aromatic carbocycles. The smallest absolute Gasteiger partial charge is 0.340 e. The van der Waals surface area contributed by atoms with Crippen LogP contribution in [0.25, 0.3) is 11.3 Å². The number of piperidine rings is 2. The van der Waals surface area contributed by atoms with Crippen molar-refractivity contribution in [3.05, 3.63) is 70.9 Å². The molecule has 3 fully saturated rings. The average molecular weight is 773 g/mol. The molecular weight excluding hydrogens is 722 g/mol. The number of carbonyl (C=O) groups is 1. The molecule has 1 unspecified atom stereocenters. The minimum Gasteiger partial charge on any atom is -0.340 e. The lowest BCUT2D eigenvalue weighted by Crippen LogP contribution is -2.45. The summed E-state index contributed by atoms with van der Waals surface area (Å²) in [5.41, 5.74) is 3.52. The summed E-state index contributed by atoms with van der Waals surface area (Å²) < 4.78 is 71.6. The van der Waals surface area contributed by atoms with Gasteiger partial charge in [0.25, 0.3) is 0 Å².